The molecule has 0 aliphatic rings. The van der Waals surface area contributed by atoms with Gasteiger partial charge in [-0.2, -0.15) is 0 Å². The first-order valence-corrected chi connectivity index (χ1v) is 4.75. The Morgan fingerprint density at radius 1 is 1.38 bits per heavy atom. The molecule has 3 N–H and O–H groups in total. The Kier molecular flexibility index (Phi) is 7.63. The molecule has 0 fully saturated rings. The number of carbonyl (C=O) groups is 1. The number of aliphatic hydroxyl groups is 2. The van der Waals surface area contributed by atoms with Crippen molar-refractivity contribution in [2.24, 2.45) is 0 Å². The SMILES string of the molecule is CCC(CO)NC(=O)CCCCO. The molecule has 1 amide bonds. The fourth-order valence-electron chi connectivity index (χ4n) is 0.974. The summed E-state index contributed by atoms with van der Waals surface area (Å²) in [7, 11) is 0. The van der Waals surface area contributed by atoms with E-state index in [2.05, 4.69) is 5.32 Å². The van der Waals surface area contributed by atoms with E-state index in [9.17, 15) is 4.79 Å². The summed E-state index contributed by atoms with van der Waals surface area (Å²) in [6, 6.07) is -0.123. The highest BCUT2D eigenvalue weighted by molar-refractivity contribution is 5.76. The third-order valence-electron chi connectivity index (χ3n) is 1.89. The Morgan fingerprint density at radius 2 is 2.08 bits per heavy atom. The van der Waals surface area contributed by atoms with Gasteiger partial charge in [0.15, 0.2) is 0 Å². The van der Waals surface area contributed by atoms with Crippen molar-refractivity contribution in [1.29, 1.82) is 0 Å². The van der Waals surface area contributed by atoms with Crippen molar-refractivity contribution >= 4 is 5.91 Å². The van der Waals surface area contributed by atoms with Gasteiger partial charge in [-0.25, -0.2) is 0 Å². The van der Waals surface area contributed by atoms with E-state index in [0.29, 0.717) is 19.3 Å². The number of rotatable bonds is 7. The molecule has 1 unspecified atom stereocenters. The minimum absolute atomic E-state index is 0.0117. The summed E-state index contributed by atoms with van der Waals surface area (Å²) in [6.45, 7) is 2.03. The van der Waals surface area contributed by atoms with Crippen LogP contribution in [-0.2, 0) is 4.79 Å². The number of nitrogens with one attached hydrogen (secondary N) is 1. The van der Waals surface area contributed by atoms with Crippen molar-refractivity contribution in [2.45, 2.75) is 38.6 Å². The molecule has 0 spiro atoms. The molecule has 78 valence electrons. The first-order valence-electron chi connectivity index (χ1n) is 4.75. The quantitative estimate of drug-likeness (QED) is 0.495. The average molecular weight is 189 g/mol. The Bertz CT molecular complexity index is 135. The molecular weight excluding hydrogens is 170 g/mol. The van der Waals surface area contributed by atoms with Gasteiger partial charge >= 0.3 is 0 Å². The van der Waals surface area contributed by atoms with Crippen molar-refractivity contribution in [2.75, 3.05) is 13.2 Å². The molecule has 0 aromatic rings. The van der Waals surface area contributed by atoms with E-state index in [4.69, 9.17) is 10.2 Å². The molecule has 4 heteroatoms. The lowest BCUT2D eigenvalue weighted by atomic mass is 10.2. The van der Waals surface area contributed by atoms with Crippen LogP contribution in [0.1, 0.15) is 32.6 Å². The Labute approximate surface area is 79.0 Å². The molecule has 0 saturated heterocycles. The zero-order chi connectivity index (χ0) is 10.1. The monoisotopic (exact) mass is 189 g/mol. The number of amides is 1. The molecule has 0 heterocycles. The van der Waals surface area contributed by atoms with Gasteiger partial charge in [-0.15, -0.1) is 0 Å². The summed E-state index contributed by atoms with van der Waals surface area (Å²) in [6.07, 6.45) is 2.52. The van der Waals surface area contributed by atoms with Crippen molar-refractivity contribution in [3.63, 3.8) is 0 Å². The molecule has 1 atom stereocenters. The largest absolute Gasteiger partial charge is 0.396 e. The molecule has 0 aliphatic heterocycles. The van der Waals surface area contributed by atoms with Crippen LogP contribution in [-0.4, -0.2) is 35.4 Å². The van der Waals surface area contributed by atoms with Crippen LogP contribution < -0.4 is 5.32 Å². The fourth-order valence-corrected chi connectivity index (χ4v) is 0.974. The van der Waals surface area contributed by atoms with Crippen molar-refractivity contribution < 1.29 is 15.0 Å². The van der Waals surface area contributed by atoms with Crippen LogP contribution in [0.25, 0.3) is 0 Å². The van der Waals surface area contributed by atoms with Crippen LogP contribution in [0.2, 0.25) is 0 Å². The van der Waals surface area contributed by atoms with Gasteiger partial charge in [-0.05, 0) is 19.3 Å². The number of unbranched alkanes of at least 4 members (excludes halogenated alkanes) is 1. The van der Waals surface area contributed by atoms with Gasteiger partial charge in [-0.1, -0.05) is 6.92 Å². The number of carbonyl (C=O) groups excluding carboxylic acids is 1. The van der Waals surface area contributed by atoms with Crippen LogP contribution in [0.3, 0.4) is 0 Å². The topological polar surface area (TPSA) is 69.6 Å². The normalized spacial score (nSPS) is 12.5. The summed E-state index contributed by atoms with van der Waals surface area (Å²) in [5, 5.41) is 20.0. The predicted octanol–water partition coefficient (Wildman–Crippen LogP) is 0.0361. The number of hydrogen-bond donors (Lipinski definition) is 3. The van der Waals surface area contributed by atoms with Crippen LogP contribution in [0.5, 0.6) is 0 Å². The highest BCUT2D eigenvalue weighted by Gasteiger charge is 2.07. The summed E-state index contributed by atoms with van der Waals surface area (Å²) < 4.78 is 0. The highest BCUT2D eigenvalue weighted by Crippen LogP contribution is 1.96. The minimum Gasteiger partial charge on any atom is -0.396 e. The maximum atomic E-state index is 11.1. The molecular formula is C9H19NO3. The van der Waals surface area contributed by atoms with Gasteiger partial charge in [0.05, 0.1) is 12.6 Å². The summed E-state index contributed by atoms with van der Waals surface area (Å²) >= 11 is 0. The van der Waals surface area contributed by atoms with E-state index in [0.717, 1.165) is 6.42 Å². The van der Waals surface area contributed by atoms with Crippen molar-refractivity contribution in [3.05, 3.63) is 0 Å². The zero-order valence-corrected chi connectivity index (χ0v) is 8.12. The Morgan fingerprint density at radius 3 is 2.54 bits per heavy atom. The van der Waals surface area contributed by atoms with E-state index in [1.165, 1.54) is 0 Å². The third kappa shape index (κ3) is 6.54. The molecule has 0 saturated carbocycles. The molecule has 4 nitrogen and oxygen atoms in total. The fraction of sp³-hybridized carbons (Fsp3) is 0.889. The Hall–Kier alpha value is -0.610. The van der Waals surface area contributed by atoms with Gasteiger partial charge in [-0.3, -0.25) is 4.79 Å². The van der Waals surface area contributed by atoms with Gasteiger partial charge in [0.1, 0.15) is 0 Å². The zero-order valence-electron chi connectivity index (χ0n) is 8.12. The van der Waals surface area contributed by atoms with Crippen LogP contribution >= 0.6 is 0 Å². The maximum absolute atomic E-state index is 11.1. The van der Waals surface area contributed by atoms with Crippen LogP contribution in [0, 0.1) is 0 Å². The standard InChI is InChI=1S/C9H19NO3/c1-2-8(7-12)10-9(13)5-3-4-6-11/h8,11-12H,2-7H2,1H3,(H,10,13). The van der Waals surface area contributed by atoms with E-state index < -0.39 is 0 Å². The van der Waals surface area contributed by atoms with E-state index in [1.807, 2.05) is 6.92 Å². The van der Waals surface area contributed by atoms with Gasteiger partial charge in [0, 0.05) is 13.0 Å². The first-order chi connectivity index (χ1) is 6.24. The summed E-state index contributed by atoms with van der Waals surface area (Å²) in [4.78, 5) is 11.1. The van der Waals surface area contributed by atoms with Crippen molar-refractivity contribution in [3.8, 4) is 0 Å². The van der Waals surface area contributed by atoms with Crippen molar-refractivity contribution in [1.82, 2.24) is 5.32 Å². The first kappa shape index (κ1) is 12.4. The lowest BCUT2D eigenvalue weighted by molar-refractivity contribution is -0.122. The second kappa shape index (κ2) is 8.01. The van der Waals surface area contributed by atoms with Gasteiger partial charge in [0.2, 0.25) is 5.91 Å². The number of aliphatic hydroxyl groups excluding tert-OH is 2. The maximum Gasteiger partial charge on any atom is 0.220 e. The highest BCUT2D eigenvalue weighted by atomic mass is 16.3. The molecule has 13 heavy (non-hydrogen) atoms. The molecule has 0 radical (unpaired) electrons. The summed E-state index contributed by atoms with van der Waals surface area (Å²) in [5.74, 6) is -0.0469. The average Bonchev–Trinajstić information content (AvgIpc) is 2.14. The van der Waals surface area contributed by atoms with E-state index >= 15 is 0 Å². The molecule has 0 aromatic carbocycles. The second-order valence-electron chi connectivity index (χ2n) is 3.04. The smallest absolute Gasteiger partial charge is 0.220 e. The molecule has 0 aliphatic carbocycles. The lowest BCUT2D eigenvalue weighted by Gasteiger charge is -2.13. The molecule has 0 bridgehead atoms. The van der Waals surface area contributed by atoms with Crippen LogP contribution in [0.4, 0.5) is 0 Å². The van der Waals surface area contributed by atoms with Crippen LogP contribution in [0.15, 0.2) is 0 Å². The van der Waals surface area contributed by atoms with Gasteiger partial charge < -0.3 is 15.5 Å². The van der Waals surface area contributed by atoms with E-state index in [-0.39, 0.29) is 25.2 Å². The lowest BCUT2D eigenvalue weighted by Crippen LogP contribution is -2.36. The number of hydrogen-bond acceptors (Lipinski definition) is 3. The summed E-state index contributed by atoms with van der Waals surface area (Å²) in [5.41, 5.74) is 0. The predicted molar refractivity (Wildman–Crippen MR) is 50.2 cm³/mol. The van der Waals surface area contributed by atoms with E-state index in [1.54, 1.807) is 0 Å². The van der Waals surface area contributed by atoms with Gasteiger partial charge in [0.25, 0.3) is 0 Å². The Balaban J connectivity index is 3.48. The molecule has 0 aromatic heterocycles. The second-order valence-corrected chi connectivity index (χ2v) is 3.04. The molecule has 0 rings (SSSR count). The minimum atomic E-state index is -0.123. The third-order valence-corrected chi connectivity index (χ3v) is 1.89.